The van der Waals surface area contributed by atoms with Crippen LogP contribution in [0.15, 0.2) is 28.8 Å². The zero-order chi connectivity index (χ0) is 22.8. The van der Waals surface area contributed by atoms with Crippen LogP contribution >= 0.6 is 0 Å². The van der Waals surface area contributed by atoms with Crippen molar-refractivity contribution in [2.24, 2.45) is 0 Å². The van der Waals surface area contributed by atoms with Gasteiger partial charge in [-0.15, -0.1) is 0 Å². The minimum Gasteiger partial charge on any atom is -0.493 e. The van der Waals surface area contributed by atoms with E-state index >= 15 is 0 Å². The van der Waals surface area contributed by atoms with Gasteiger partial charge in [-0.3, -0.25) is 4.79 Å². The Labute approximate surface area is 190 Å². The lowest BCUT2D eigenvalue weighted by atomic mass is 9.98. The number of benzene rings is 1. The molecule has 0 unspecified atom stereocenters. The summed E-state index contributed by atoms with van der Waals surface area (Å²) >= 11 is 0. The van der Waals surface area contributed by atoms with E-state index in [1.165, 1.54) is 38.2 Å². The fourth-order valence-electron chi connectivity index (χ4n) is 3.76. The van der Waals surface area contributed by atoms with Crippen LogP contribution < -0.4 is 14.8 Å². The molecular formula is C25H34N2O5. The summed E-state index contributed by atoms with van der Waals surface area (Å²) in [7, 11) is 1.59. The maximum absolute atomic E-state index is 12.1. The van der Waals surface area contributed by atoms with Gasteiger partial charge in [-0.05, 0) is 56.9 Å². The average molecular weight is 443 g/mol. The van der Waals surface area contributed by atoms with Crippen LogP contribution in [0.2, 0.25) is 0 Å². The first-order valence-electron chi connectivity index (χ1n) is 11.4. The van der Waals surface area contributed by atoms with Crippen molar-refractivity contribution in [3.05, 3.63) is 46.9 Å². The van der Waals surface area contributed by atoms with Crippen molar-refractivity contribution in [3.63, 3.8) is 0 Å². The Morgan fingerprint density at radius 2 is 2.03 bits per heavy atom. The third-order valence-corrected chi connectivity index (χ3v) is 5.69. The Hall–Kier alpha value is -2.80. The van der Waals surface area contributed by atoms with Crippen molar-refractivity contribution < 1.29 is 23.5 Å². The van der Waals surface area contributed by atoms with Gasteiger partial charge in [-0.25, -0.2) is 0 Å². The number of aryl methyl sites for hydroxylation is 2. The van der Waals surface area contributed by atoms with E-state index in [1.807, 2.05) is 32.0 Å². The molecule has 0 saturated heterocycles. The molecule has 1 N–H and O–H groups in total. The molecule has 1 fully saturated rings. The Morgan fingerprint density at radius 1 is 1.22 bits per heavy atom. The fraction of sp³-hybridized carbons (Fsp3) is 0.520. The minimum atomic E-state index is -0.125. The van der Waals surface area contributed by atoms with Gasteiger partial charge in [-0.2, -0.15) is 0 Å². The molecule has 0 spiro atoms. The molecular weight excluding hydrogens is 408 g/mol. The van der Waals surface area contributed by atoms with Crippen LogP contribution in [0.1, 0.15) is 61.1 Å². The second kappa shape index (κ2) is 12.3. The first kappa shape index (κ1) is 23.9. The number of rotatable bonds is 11. The summed E-state index contributed by atoms with van der Waals surface area (Å²) in [5, 5.41) is 6.84. The van der Waals surface area contributed by atoms with Crippen LogP contribution in [0, 0.1) is 13.8 Å². The maximum atomic E-state index is 12.1. The van der Waals surface area contributed by atoms with E-state index < -0.39 is 0 Å². The van der Waals surface area contributed by atoms with Crippen LogP contribution in [-0.2, 0) is 16.1 Å². The number of nitrogens with one attached hydrogen (secondary N) is 1. The molecule has 1 heterocycles. The molecule has 0 aliphatic heterocycles. The summed E-state index contributed by atoms with van der Waals surface area (Å²) in [5.41, 5.74) is 2.59. The van der Waals surface area contributed by atoms with Gasteiger partial charge in [0, 0.05) is 19.2 Å². The standard InChI is InChI=1S/C25H34N2O5/c1-18-22(19(2)32-27-18)17-31-23-12-10-20(16-24(23)29-3)11-13-25(28)26-14-7-15-30-21-8-5-4-6-9-21/h10-13,16,21H,4-9,14-15,17H2,1-3H3,(H,26,28)/b13-11+. The molecule has 1 aliphatic rings. The van der Waals surface area contributed by atoms with Gasteiger partial charge in [0.15, 0.2) is 11.5 Å². The lowest BCUT2D eigenvalue weighted by Crippen LogP contribution is -2.24. The fourth-order valence-corrected chi connectivity index (χ4v) is 3.76. The van der Waals surface area contributed by atoms with E-state index in [0.717, 1.165) is 29.0 Å². The predicted octanol–water partition coefficient (Wildman–Crippen LogP) is 4.75. The van der Waals surface area contributed by atoms with Gasteiger partial charge in [0.25, 0.3) is 0 Å². The van der Waals surface area contributed by atoms with E-state index in [4.69, 9.17) is 18.7 Å². The number of hydrogen-bond donors (Lipinski definition) is 1. The van der Waals surface area contributed by atoms with Gasteiger partial charge in [-0.1, -0.05) is 30.5 Å². The Bertz CT molecular complexity index is 880. The zero-order valence-corrected chi connectivity index (χ0v) is 19.3. The Balaban J connectivity index is 1.42. The highest BCUT2D eigenvalue weighted by molar-refractivity contribution is 5.91. The number of ether oxygens (including phenoxy) is 3. The van der Waals surface area contributed by atoms with E-state index in [9.17, 15) is 4.79 Å². The van der Waals surface area contributed by atoms with Crippen molar-refractivity contribution in [1.82, 2.24) is 10.5 Å². The van der Waals surface area contributed by atoms with E-state index in [1.54, 1.807) is 13.2 Å². The van der Waals surface area contributed by atoms with Gasteiger partial charge >= 0.3 is 0 Å². The summed E-state index contributed by atoms with van der Waals surface area (Å²) < 4.78 is 22.4. The topological polar surface area (TPSA) is 82.8 Å². The number of aromatic nitrogens is 1. The number of carbonyl (C=O) groups excluding carboxylic acids is 1. The SMILES string of the molecule is COc1cc(/C=C/C(=O)NCCCOC2CCCCC2)ccc1OCc1c(C)noc1C. The number of nitrogens with zero attached hydrogens (tertiary/aromatic N) is 1. The van der Waals surface area contributed by atoms with E-state index in [0.29, 0.717) is 37.4 Å². The van der Waals surface area contributed by atoms with Crippen LogP contribution in [0.25, 0.3) is 6.08 Å². The predicted molar refractivity (Wildman–Crippen MR) is 123 cm³/mol. The summed E-state index contributed by atoms with van der Waals surface area (Å²) in [4.78, 5) is 12.1. The zero-order valence-electron chi connectivity index (χ0n) is 19.3. The highest BCUT2D eigenvalue weighted by atomic mass is 16.5. The lowest BCUT2D eigenvalue weighted by Gasteiger charge is -2.21. The number of carbonyl (C=O) groups is 1. The maximum Gasteiger partial charge on any atom is 0.244 e. The van der Waals surface area contributed by atoms with Crippen molar-refractivity contribution in [3.8, 4) is 11.5 Å². The van der Waals surface area contributed by atoms with Crippen LogP contribution in [-0.4, -0.2) is 37.4 Å². The molecule has 3 rings (SSSR count). The molecule has 1 saturated carbocycles. The smallest absolute Gasteiger partial charge is 0.244 e. The lowest BCUT2D eigenvalue weighted by molar-refractivity contribution is -0.116. The van der Waals surface area contributed by atoms with Gasteiger partial charge in [0.05, 0.1) is 24.5 Å². The van der Waals surface area contributed by atoms with Gasteiger partial charge < -0.3 is 24.1 Å². The molecule has 0 bridgehead atoms. The average Bonchev–Trinajstić information content (AvgIpc) is 3.14. The van der Waals surface area contributed by atoms with Gasteiger partial charge in [0.1, 0.15) is 12.4 Å². The number of methoxy groups -OCH3 is 1. The third-order valence-electron chi connectivity index (χ3n) is 5.69. The first-order chi connectivity index (χ1) is 15.6. The summed E-state index contributed by atoms with van der Waals surface area (Å²) in [6.45, 7) is 5.39. The molecule has 7 nitrogen and oxygen atoms in total. The van der Waals surface area contributed by atoms with Crippen LogP contribution in [0.3, 0.4) is 0 Å². The normalized spacial score (nSPS) is 14.6. The highest BCUT2D eigenvalue weighted by Crippen LogP contribution is 2.30. The van der Waals surface area contributed by atoms with Crippen LogP contribution in [0.5, 0.6) is 11.5 Å². The van der Waals surface area contributed by atoms with Gasteiger partial charge in [0.2, 0.25) is 5.91 Å². The molecule has 1 aromatic heterocycles. The molecule has 7 heteroatoms. The largest absolute Gasteiger partial charge is 0.493 e. The summed E-state index contributed by atoms with van der Waals surface area (Å²) in [6, 6.07) is 5.55. The summed E-state index contributed by atoms with van der Waals surface area (Å²) in [5.74, 6) is 1.83. The molecule has 0 radical (unpaired) electrons. The first-order valence-corrected chi connectivity index (χ1v) is 11.4. The third kappa shape index (κ3) is 7.12. The number of hydrogen-bond acceptors (Lipinski definition) is 6. The van der Waals surface area contributed by atoms with Crippen molar-refractivity contribution in [1.29, 1.82) is 0 Å². The second-order valence-electron chi connectivity index (χ2n) is 8.11. The molecule has 1 amide bonds. The highest BCUT2D eigenvalue weighted by Gasteiger charge is 2.13. The van der Waals surface area contributed by atoms with Crippen molar-refractivity contribution in [2.75, 3.05) is 20.3 Å². The minimum absolute atomic E-state index is 0.125. The molecule has 174 valence electrons. The molecule has 32 heavy (non-hydrogen) atoms. The number of amides is 1. The Kier molecular flexibility index (Phi) is 9.16. The summed E-state index contributed by atoms with van der Waals surface area (Å²) in [6.07, 6.45) is 10.7. The van der Waals surface area contributed by atoms with Crippen molar-refractivity contribution in [2.45, 2.75) is 65.1 Å². The quantitative estimate of drug-likeness (QED) is 0.399. The van der Waals surface area contributed by atoms with E-state index in [-0.39, 0.29) is 5.91 Å². The van der Waals surface area contributed by atoms with Crippen LogP contribution in [0.4, 0.5) is 0 Å². The second-order valence-corrected chi connectivity index (χ2v) is 8.11. The molecule has 1 aromatic carbocycles. The van der Waals surface area contributed by atoms with Crippen molar-refractivity contribution >= 4 is 12.0 Å². The molecule has 2 aromatic rings. The Morgan fingerprint density at radius 3 is 2.75 bits per heavy atom. The molecule has 1 aliphatic carbocycles. The molecule has 0 atom stereocenters. The monoisotopic (exact) mass is 442 g/mol. The van der Waals surface area contributed by atoms with E-state index in [2.05, 4.69) is 10.5 Å².